The molecule has 0 spiro atoms. The molecule has 1 fully saturated rings. The summed E-state index contributed by atoms with van der Waals surface area (Å²) in [5.41, 5.74) is 4.92. The number of hydrogen-bond donors (Lipinski definition) is 4. The standard InChI is InChI=1S/C27H22ClFN6O7/c28-25-33-21(31)19-22(34-25)35(13-32-19)27(29)12-41-18(20(27)36)11-42-26(23(37)38,24(39)40)9-14-5-7-15(8-6-14)17-4-2-1-3-16(17)10-30/h1-8,13,18,20,36H,9,11-12H2,(H,37,38)(H,39,40)(H2,31,33,34)/t18-,20-,27+/m1/s1. The maximum atomic E-state index is 16.1. The number of fused-ring (bicyclic) bond motifs is 1. The maximum Gasteiger partial charge on any atom is 0.348 e. The van der Waals surface area contributed by atoms with Gasteiger partial charge in [0.15, 0.2) is 11.5 Å². The minimum atomic E-state index is -2.80. The first-order valence-corrected chi connectivity index (χ1v) is 12.7. The van der Waals surface area contributed by atoms with Crippen molar-refractivity contribution in [2.24, 2.45) is 0 Å². The normalized spacial score (nSPS) is 20.4. The largest absolute Gasteiger partial charge is 0.479 e. The molecule has 0 bridgehead atoms. The summed E-state index contributed by atoms with van der Waals surface area (Å²) in [6, 6.07) is 15.3. The van der Waals surface area contributed by atoms with Crippen LogP contribution >= 0.6 is 11.6 Å². The molecule has 15 heteroatoms. The third kappa shape index (κ3) is 4.88. The minimum absolute atomic E-state index is 0.0289. The zero-order chi connectivity index (χ0) is 30.2. The van der Waals surface area contributed by atoms with Crippen LogP contribution in [0.4, 0.5) is 10.2 Å². The van der Waals surface area contributed by atoms with Crippen molar-refractivity contribution in [3.8, 4) is 17.2 Å². The van der Waals surface area contributed by atoms with Crippen molar-refractivity contribution < 1.29 is 38.8 Å². The number of nitrogens with two attached hydrogens (primary N) is 1. The molecule has 4 aromatic rings. The second-order valence-corrected chi connectivity index (χ2v) is 9.90. The van der Waals surface area contributed by atoms with Gasteiger partial charge in [-0.25, -0.2) is 19.0 Å². The highest BCUT2D eigenvalue weighted by molar-refractivity contribution is 6.28. The molecular weight excluding hydrogens is 575 g/mol. The van der Waals surface area contributed by atoms with Crippen LogP contribution in [0.25, 0.3) is 22.3 Å². The third-order valence-electron chi connectivity index (χ3n) is 7.05. The van der Waals surface area contributed by atoms with Crippen molar-refractivity contribution in [1.82, 2.24) is 19.5 Å². The number of alkyl halides is 1. The van der Waals surface area contributed by atoms with Crippen LogP contribution in [-0.2, 0) is 31.3 Å². The van der Waals surface area contributed by atoms with Gasteiger partial charge < -0.3 is 30.5 Å². The van der Waals surface area contributed by atoms with Gasteiger partial charge in [0.2, 0.25) is 11.1 Å². The predicted molar refractivity (Wildman–Crippen MR) is 144 cm³/mol. The monoisotopic (exact) mass is 596 g/mol. The number of anilines is 1. The van der Waals surface area contributed by atoms with Gasteiger partial charge in [-0.15, -0.1) is 0 Å². The van der Waals surface area contributed by atoms with Crippen molar-refractivity contribution in [3.05, 3.63) is 71.3 Å². The number of aliphatic hydroxyl groups is 1. The van der Waals surface area contributed by atoms with E-state index in [0.717, 1.165) is 10.9 Å². The molecule has 5 rings (SSSR count). The fraction of sp³-hybridized carbons (Fsp3) is 0.259. The molecule has 0 aliphatic carbocycles. The number of nitrogens with zero attached hydrogens (tertiary/aromatic N) is 5. The topological polar surface area (TPSA) is 207 Å². The number of carbonyl (C=O) groups is 2. The van der Waals surface area contributed by atoms with Crippen LogP contribution in [-0.4, -0.2) is 77.8 Å². The summed E-state index contributed by atoms with van der Waals surface area (Å²) in [7, 11) is 0. The molecule has 13 nitrogen and oxygen atoms in total. The Morgan fingerprint density at radius 2 is 1.90 bits per heavy atom. The van der Waals surface area contributed by atoms with Crippen LogP contribution in [0, 0.1) is 11.3 Å². The number of halogens is 2. The van der Waals surface area contributed by atoms with E-state index in [1.54, 1.807) is 36.4 Å². The summed E-state index contributed by atoms with van der Waals surface area (Å²) < 4.78 is 27.8. The number of aromatic nitrogens is 4. The Hall–Kier alpha value is -4.68. The molecular formula is C27H22ClFN6O7. The first kappa shape index (κ1) is 28.8. The van der Waals surface area contributed by atoms with Crippen molar-refractivity contribution in [3.63, 3.8) is 0 Å². The Morgan fingerprint density at radius 3 is 2.57 bits per heavy atom. The van der Waals surface area contributed by atoms with Gasteiger partial charge in [0.1, 0.15) is 24.3 Å². The lowest BCUT2D eigenvalue weighted by Crippen LogP contribution is -2.53. The van der Waals surface area contributed by atoms with Crippen LogP contribution in [0.5, 0.6) is 0 Å². The smallest absolute Gasteiger partial charge is 0.348 e. The molecule has 2 aromatic heterocycles. The number of nitrogen functional groups attached to an aromatic ring is 1. The first-order chi connectivity index (χ1) is 20.0. The van der Waals surface area contributed by atoms with Gasteiger partial charge in [0.05, 0.1) is 24.6 Å². The molecule has 5 N–H and O–H groups in total. The second kappa shape index (κ2) is 11.0. The van der Waals surface area contributed by atoms with Crippen LogP contribution < -0.4 is 5.73 Å². The van der Waals surface area contributed by atoms with E-state index in [1.165, 1.54) is 12.1 Å². The summed E-state index contributed by atoms with van der Waals surface area (Å²) in [6.07, 6.45) is -3.00. The second-order valence-electron chi connectivity index (χ2n) is 9.56. The molecule has 0 radical (unpaired) electrons. The molecule has 1 aliphatic rings. The van der Waals surface area contributed by atoms with Gasteiger partial charge in [-0.05, 0) is 34.4 Å². The number of aliphatic carboxylic acids is 2. The van der Waals surface area contributed by atoms with Crippen LogP contribution in [0.3, 0.4) is 0 Å². The highest BCUT2D eigenvalue weighted by Crippen LogP contribution is 2.37. The van der Waals surface area contributed by atoms with Gasteiger partial charge in [-0.3, -0.25) is 4.57 Å². The number of benzene rings is 2. The average molecular weight is 597 g/mol. The molecule has 0 saturated carbocycles. The fourth-order valence-electron chi connectivity index (χ4n) is 4.77. The van der Waals surface area contributed by atoms with Crippen LogP contribution in [0.1, 0.15) is 11.1 Å². The van der Waals surface area contributed by atoms with E-state index in [9.17, 15) is 30.2 Å². The zero-order valence-corrected chi connectivity index (χ0v) is 22.3. The fourth-order valence-corrected chi connectivity index (χ4v) is 4.94. The highest BCUT2D eigenvalue weighted by atomic mass is 35.5. The van der Waals surface area contributed by atoms with Gasteiger partial charge in [-0.2, -0.15) is 15.2 Å². The molecule has 216 valence electrons. The van der Waals surface area contributed by atoms with E-state index in [0.29, 0.717) is 22.3 Å². The molecule has 1 saturated heterocycles. The number of imidazole rings is 1. The Morgan fingerprint density at radius 1 is 1.21 bits per heavy atom. The lowest BCUT2D eigenvalue weighted by Gasteiger charge is -2.29. The van der Waals surface area contributed by atoms with Gasteiger partial charge in [-0.1, -0.05) is 42.5 Å². The highest BCUT2D eigenvalue weighted by Gasteiger charge is 2.55. The molecule has 3 atom stereocenters. The first-order valence-electron chi connectivity index (χ1n) is 12.3. The Balaban J connectivity index is 1.36. The minimum Gasteiger partial charge on any atom is -0.479 e. The average Bonchev–Trinajstić information content (AvgIpc) is 3.52. The van der Waals surface area contributed by atoms with E-state index in [-0.39, 0.29) is 22.3 Å². The lowest BCUT2D eigenvalue weighted by atomic mass is 9.92. The van der Waals surface area contributed by atoms with Crippen molar-refractivity contribution >= 4 is 40.5 Å². The number of ether oxygens (including phenoxy) is 2. The summed E-state index contributed by atoms with van der Waals surface area (Å²) in [5.74, 6) is -6.39. The molecule has 42 heavy (non-hydrogen) atoms. The van der Waals surface area contributed by atoms with Gasteiger partial charge in [0.25, 0.3) is 5.60 Å². The van der Waals surface area contributed by atoms with Crippen molar-refractivity contribution in [2.45, 2.75) is 30.0 Å². The van der Waals surface area contributed by atoms with E-state index in [2.05, 4.69) is 21.0 Å². The van der Waals surface area contributed by atoms with Crippen molar-refractivity contribution in [2.75, 3.05) is 18.9 Å². The molecule has 3 heterocycles. The van der Waals surface area contributed by atoms with Gasteiger partial charge >= 0.3 is 11.9 Å². The quantitative estimate of drug-likeness (QED) is 0.162. The SMILES string of the molecule is N#Cc1ccccc1-c1ccc(CC(OC[C@H]2OC[C@](F)(n3cnc4c(N)nc(Cl)nc43)[C@@H]2O)(C(=O)O)C(=O)O)cc1. The Labute approximate surface area is 241 Å². The number of carboxylic acids is 2. The number of carboxylic acid groups (broad SMARTS) is 2. The number of hydrogen-bond acceptors (Lipinski definition) is 10. The maximum absolute atomic E-state index is 16.1. The van der Waals surface area contributed by atoms with Crippen molar-refractivity contribution in [1.29, 1.82) is 5.26 Å². The lowest BCUT2D eigenvalue weighted by molar-refractivity contribution is -0.188. The predicted octanol–water partition coefficient (Wildman–Crippen LogP) is 2.15. The Kier molecular flexibility index (Phi) is 7.52. The molecule has 0 amide bonds. The van der Waals surface area contributed by atoms with E-state index in [1.807, 2.05) is 0 Å². The van der Waals surface area contributed by atoms with E-state index < -0.39 is 55.2 Å². The zero-order valence-electron chi connectivity index (χ0n) is 21.5. The van der Waals surface area contributed by atoms with E-state index in [4.69, 9.17) is 26.8 Å². The number of nitriles is 1. The van der Waals surface area contributed by atoms with Gasteiger partial charge in [0, 0.05) is 6.42 Å². The number of aliphatic hydroxyl groups excluding tert-OH is 1. The van der Waals surface area contributed by atoms with Crippen LogP contribution in [0.2, 0.25) is 5.28 Å². The molecule has 1 aliphatic heterocycles. The summed E-state index contributed by atoms with van der Waals surface area (Å²) >= 11 is 5.85. The third-order valence-corrected chi connectivity index (χ3v) is 7.22. The Bertz CT molecular complexity index is 1710. The van der Waals surface area contributed by atoms with Crippen LogP contribution in [0.15, 0.2) is 54.9 Å². The number of rotatable bonds is 9. The molecule has 0 unspecified atom stereocenters. The molecule has 2 aromatic carbocycles. The summed E-state index contributed by atoms with van der Waals surface area (Å²) in [4.78, 5) is 36.2. The summed E-state index contributed by atoms with van der Waals surface area (Å²) in [5, 5.41) is 39.8. The van der Waals surface area contributed by atoms with E-state index >= 15 is 4.39 Å². The summed E-state index contributed by atoms with van der Waals surface area (Å²) in [6.45, 7) is -1.52.